The van der Waals surface area contributed by atoms with E-state index in [1.165, 1.54) is 16.8 Å². The molecule has 1 aromatic heterocycles. The van der Waals surface area contributed by atoms with Gasteiger partial charge in [-0.25, -0.2) is 13.4 Å². The number of aryl methyl sites for hydroxylation is 2. The quantitative estimate of drug-likeness (QED) is 0.860. The van der Waals surface area contributed by atoms with Crippen LogP contribution in [0.3, 0.4) is 0 Å². The van der Waals surface area contributed by atoms with Gasteiger partial charge in [0.15, 0.2) is 5.03 Å². The van der Waals surface area contributed by atoms with Crippen molar-refractivity contribution in [2.45, 2.75) is 24.8 Å². The van der Waals surface area contributed by atoms with Crippen molar-refractivity contribution >= 4 is 33.2 Å². The SMILES string of the molecule is Cc1ccc(NC(=O)[C@H]2CCCN(S(=O)(=O)c3cn(C)cn3)C2)cc1Cl. The number of carbonyl (C=O) groups excluding carboxylic acids is 1. The molecule has 7 nitrogen and oxygen atoms in total. The lowest BCUT2D eigenvalue weighted by Gasteiger charge is -2.30. The summed E-state index contributed by atoms with van der Waals surface area (Å²) in [4.78, 5) is 16.5. The van der Waals surface area contributed by atoms with E-state index in [9.17, 15) is 13.2 Å². The monoisotopic (exact) mass is 396 g/mol. The van der Waals surface area contributed by atoms with Crippen LogP contribution in [-0.4, -0.2) is 41.3 Å². The van der Waals surface area contributed by atoms with E-state index in [4.69, 9.17) is 11.6 Å². The first-order valence-corrected chi connectivity index (χ1v) is 10.1. The zero-order chi connectivity index (χ0) is 18.9. The van der Waals surface area contributed by atoms with Crippen LogP contribution in [0.25, 0.3) is 0 Å². The fourth-order valence-corrected chi connectivity index (χ4v) is 4.61. The Morgan fingerprint density at radius 3 is 2.81 bits per heavy atom. The summed E-state index contributed by atoms with van der Waals surface area (Å²) >= 11 is 6.09. The highest BCUT2D eigenvalue weighted by molar-refractivity contribution is 7.89. The molecule has 1 atom stereocenters. The van der Waals surface area contributed by atoms with Crippen molar-refractivity contribution in [1.82, 2.24) is 13.9 Å². The zero-order valence-electron chi connectivity index (χ0n) is 14.6. The second kappa shape index (κ2) is 7.38. The molecule has 1 aliphatic rings. The predicted octanol–water partition coefficient (Wildman–Crippen LogP) is 2.42. The van der Waals surface area contributed by atoms with Crippen LogP contribution in [0.2, 0.25) is 5.02 Å². The van der Waals surface area contributed by atoms with Crippen molar-refractivity contribution in [3.05, 3.63) is 41.3 Å². The number of piperidine rings is 1. The minimum absolute atomic E-state index is 0.00590. The molecule has 3 rings (SSSR count). The highest BCUT2D eigenvalue weighted by Crippen LogP contribution is 2.25. The second-order valence-corrected chi connectivity index (χ2v) is 8.82. The summed E-state index contributed by atoms with van der Waals surface area (Å²) in [6.45, 7) is 2.42. The predicted molar refractivity (Wildman–Crippen MR) is 99.5 cm³/mol. The molecule has 1 N–H and O–H groups in total. The molecule has 1 amide bonds. The minimum Gasteiger partial charge on any atom is -0.339 e. The van der Waals surface area contributed by atoms with Crippen molar-refractivity contribution < 1.29 is 13.2 Å². The Hall–Kier alpha value is -1.90. The van der Waals surface area contributed by atoms with Gasteiger partial charge in [0.1, 0.15) is 0 Å². The number of rotatable bonds is 4. The summed E-state index contributed by atoms with van der Waals surface area (Å²) < 4.78 is 28.3. The summed E-state index contributed by atoms with van der Waals surface area (Å²) in [5.74, 6) is -0.617. The van der Waals surface area contributed by atoms with Crippen LogP contribution in [-0.2, 0) is 21.9 Å². The number of halogens is 1. The van der Waals surface area contributed by atoms with Gasteiger partial charge in [-0.05, 0) is 37.5 Å². The van der Waals surface area contributed by atoms with Gasteiger partial charge in [0.05, 0.1) is 12.2 Å². The van der Waals surface area contributed by atoms with Crippen molar-refractivity contribution in [2.24, 2.45) is 13.0 Å². The molecule has 9 heteroatoms. The molecule has 0 radical (unpaired) electrons. The lowest BCUT2D eigenvalue weighted by molar-refractivity contribution is -0.120. The van der Waals surface area contributed by atoms with E-state index >= 15 is 0 Å². The average Bonchev–Trinajstić information content (AvgIpc) is 3.05. The number of sulfonamides is 1. The van der Waals surface area contributed by atoms with Crippen molar-refractivity contribution in [3.63, 3.8) is 0 Å². The summed E-state index contributed by atoms with van der Waals surface area (Å²) in [5, 5.41) is 3.41. The van der Waals surface area contributed by atoms with E-state index in [0.29, 0.717) is 30.1 Å². The van der Waals surface area contributed by atoms with E-state index in [2.05, 4.69) is 10.3 Å². The Labute approximate surface area is 158 Å². The molecular weight excluding hydrogens is 376 g/mol. The zero-order valence-corrected chi connectivity index (χ0v) is 16.2. The average molecular weight is 397 g/mol. The van der Waals surface area contributed by atoms with Gasteiger partial charge < -0.3 is 9.88 Å². The number of carbonyl (C=O) groups is 1. The van der Waals surface area contributed by atoms with Gasteiger partial charge >= 0.3 is 0 Å². The Kier molecular flexibility index (Phi) is 5.36. The van der Waals surface area contributed by atoms with Crippen molar-refractivity contribution in [2.75, 3.05) is 18.4 Å². The number of nitrogens with zero attached hydrogens (tertiary/aromatic N) is 3. The van der Waals surface area contributed by atoms with Gasteiger partial charge in [0.25, 0.3) is 10.0 Å². The third-order valence-corrected chi connectivity index (χ3v) is 6.64. The van der Waals surface area contributed by atoms with Gasteiger partial charge in [0.2, 0.25) is 5.91 Å². The summed E-state index contributed by atoms with van der Waals surface area (Å²) in [7, 11) is -1.98. The smallest absolute Gasteiger partial charge is 0.262 e. The number of amides is 1. The van der Waals surface area contributed by atoms with Crippen molar-refractivity contribution in [1.29, 1.82) is 0 Å². The molecular formula is C17H21ClN4O3S. The van der Waals surface area contributed by atoms with E-state index < -0.39 is 15.9 Å². The van der Waals surface area contributed by atoms with Crippen LogP contribution in [0, 0.1) is 12.8 Å². The van der Waals surface area contributed by atoms with Crippen LogP contribution in [0.4, 0.5) is 5.69 Å². The highest BCUT2D eigenvalue weighted by atomic mass is 35.5. The van der Waals surface area contributed by atoms with Crippen molar-refractivity contribution in [3.8, 4) is 0 Å². The maximum Gasteiger partial charge on any atom is 0.262 e. The van der Waals surface area contributed by atoms with Gasteiger partial charge in [-0.15, -0.1) is 0 Å². The normalized spacial score (nSPS) is 18.7. The molecule has 0 aliphatic carbocycles. The molecule has 0 saturated carbocycles. The lowest BCUT2D eigenvalue weighted by atomic mass is 9.98. The topological polar surface area (TPSA) is 84.3 Å². The number of hydrogen-bond donors (Lipinski definition) is 1. The standard InChI is InChI=1S/C17H21ClN4O3S/c1-12-5-6-14(8-15(12)18)20-17(23)13-4-3-7-22(9-13)26(24,25)16-10-21(2)11-19-16/h5-6,8,10-11,13H,3-4,7,9H2,1-2H3,(H,20,23)/t13-/m0/s1. The molecule has 2 heterocycles. The first kappa shape index (κ1) is 18.9. The minimum atomic E-state index is -3.69. The third kappa shape index (κ3) is 3.92. The first-order chi connectivity index (χ1) is 12.3. The molecule has 0 unspecified atom stereocenters. The number of imidazole rings is 1. The molecule has 1 fully saturated rings. The maximum absolute atomic E-state index is 12.7. The molecule has 0 bridgehead atoms. The van der Waals surface area contributed by atoms with Crippen LogP contribution in [0.1, 0.15) is 18.4 Å². The maximum atomic E-state index is 12.7. The van der Waals surface area contributed by atoms with E-state index in [1.54, 1.807) is 23.7 Å². The highest BCUT2D eigenvalue weighted by Gasteiger charge is 2.34. The number of aromatic nitrogens is 2. The molecule has 1 saturated heterocycles. The van der Waals surface area contributed by atoms with Gasteiger partial charge in [0, 0.05) is 37.0 Å². The lowest BCUT2D eigenvalue weighted by Crippen LogP contribution is -2.43. The van der Waals surface area contributed by atoms with Crippen LogP contribution in [0.15, 0.2) is 35.7 Å². The van der Waals surface area contributed by atoms with E-state index in [0.717, 1.165) is 5.56 Å². The molecule has 2 aromatic rings. The number of hydrogen-bond acceptors (Lipinski definition) is 4. The largest absolute Gasteiger partial charge is 0.339 e. The third-order valence-electron chi connectivity index (χ3n) is 4.48. The number of nitrogens with one attached hydrogen (secondary N) is 1. The first-order valence-electron chi connectivity index (χ1n) is 8.32. The molecule has 1 aromatic carbocycles. The summed E-state index contributed by atoms with van der Waals surface area (Å²) in [5.41, 5.74) is 1.53. The molecule has 26 heavy (non-hydrogen) atoms. The Morgan fingerprint density at radius 1 is 1.38 bits per heavy atom. The van der Waals surface area contributed by atoms with Gasteiger partial charge in [-0.2, -0.15) is 4.31 Å². The van der Waals surface area contributed by atoms with Crippen LogP contribution in [0.5, 0.6) is 0 Å². The fraction of sp³-hybridized carbons (Fsp3) is 0.412. The van der Waals surface area contributed by atoms with E-state index in [1.807, 2.05) is 13.0 Å². The molecule has 0 spiro atoms. The molecule has 1 aliphatic heterocycles. The summed E-state index contributed by atoms with van der Waals surface area (Å²) in [6, 6.07) is 5.31. The van der Waals surface area contributed by atoms with E-state index in [-0.39, 0.29) is 17.5 Å². The van der Waals surface area contributed by atoms with Gasteiger partial charge in [-0.1, -0.05) is 17.7 Å². The summed E-state index contributed by atoms with van der Waals surface area (Å²) in [6.07, 6.45) is 4.17. The molecule has 140 valence electrons. The van der Waals surface area contributed by atoms with Crippen LogP contribution < -0.4 is 5.32 Å². The van der Waals surface area contributed by atoms with Crippen LogP contribution >= 0.6 is 11.6 Å². The Morgan fingerprint density at radius 2 is 2.15 bits per heavy atom. The van der Waals surface area contributed by atoms with Gasteiger partial charge in [-0.3, -0.25) is 4.79 Å². The number of benzene rings is 1. The number of anilines is 1. The fourth-order valence-electron chi connectivity index (χ4n) is 2.94. The Bertz CT molecular complexity index is 926. The second-order valence-electron chi connectivity index (χ2n) is 6.53. The Balaban J connectivity index is 1.71.